The Morgan fingerprint density at radius 2 is 2.38 bits per heavy atom. The van der Waals surface area contributed by atoms with Gasteiger partial charge in [-0.3, -0.25) is 4.98 Å². The molecule has 3 heterocycles. The summed E-state index contributed by atoms with van der Waals surface area (Å²) in [7, 11) is 0. The molecule has 0 spiro atoms. The van der Waals surface area contributed by atoms with Gasteiger partial charge in [-0.2, -0.15) is 0 Å². The molecular weight excluding hydrogens is 266 g/mol. The molecule has 0 saturated carbocycles. The van der Waals surface area contributed by atoms with E-state index in [1.165, 1.54) is 0 Å². The number of carbonyl (C=O) groups excluding carboxylic acids is 1. The van der Waals surface area contributed by atoms with Gasteiger partial charge in [0.2, 0.25) is 0 Å². The highest BCUT2D eigenvalue weighted by Crippen LogP contribution is 2.18. The fourth-order valence-electron chi connectivity index (χ4n) is 2.62. The molecule has 0 fully saturated rings. The van der Waals surface area contributed by atoms with Gasteiger partial charge in [0, 0.05) is 50.0 Å². The van der Waals surface area contributed by atoms with E-state index in [9.17, 15) is 4.79 Å². The van der Waals surface area contributed by atoms with Gasteiger partial charge in [0.15, 0.2) is 0 Å². The molecule has 1 atom stereocenters. The molecule has 0 aliphatic carbocycles. The minimum absolute atomic E-state index is 0.166. The quantitative estimate of drug-likeness (QED) is 0.905. The molecule has 1 aliphatic heterocycles. The number of rotatable bonds is 3. The van der Waals surface area contributed by atoms with Crippen molar-refractivity contribution in [3.05, 3.63) is 42.2 Å². The molecule has 2 aromatic rings. The van der Waals surface area contributed by atoms with Crippen LogP contribution in [0.1, 0.15) is 17.8 Å². The van der Waals surface area contributed by atoms with Gasteiger partial charge in [-0.15, -0.1) is 0 Å². The lowest BCUT2D eigenvalue weighted by Crippen LogP contribution is -2.36. The van der Waals surface area contributed by atoms with Crippen molar-refractivity contribution in [3.8, 4) is 0 Å². The average molecular weight is 285 g/mol. The van der Waals surface area contributed by atoms with Gasteiger partial charge in [-0.05, 0) is 30.9 Å². The zero-order valence-corrected chi connectivity index (χ0v) is 12.0. The maximum absolute atomic E-state index is 11.9. The lowest BCUT2D eigenvalue weighted by Gasteiger charge is -2.24. The fraction of sp³-hybridized carbons (Fsp3) is 0.400. The van der Waals surface area contributed by atoms with Crippen LogP contribution < -0.4 is 10.6 Å². The van der Waals surface area contributed by atoms with Gasteiger partial charge in [0.1, 0.15) is 5.82 Å². The molecule has 0 unspecified atom stereocenters. The number of imidazole rings is 1. The normalized spacial score (nSPS) is 17.1. The first-order valence-electron chi connectivity index (χ1n) is 7.18. The van der Waals surface area contributed by atoms with E-state index in [4.69, 9.17) is 0 Å². The van der Waals surface area contributed by atoms with Crippen molar-refractivity contribution in [2.45, 2.75) is 26.3 Å². The number of nitrogens with zero attached hydrogens (tertiary/aromatic N) is 3. The number of fused-ring (bicyclic) bond motifs is 1. The van der Waals surface area contributed by atoms with E-state index >= 15 is 0 Å². The number of aryl methyl sites for hydroxylation is 2. The summed E-state index contributed by atoms with van der Waals surface area (Å²) in [4.78, 5) is 20.3. The van der Waals surface area contributed by atoms with Crippen LogP contribution in [0.4, 0.5) is 10.5 Å². The summed E-state index contributed by atoms with van der Waals surface area (Å²) in [5.74, 6) is 1.60. The predicted octanol–water partition coefficient (Wildman–Crippen LogP) is 1.97. The third-order valence-electron chi connectivity index (χ3n) is 3.85. The third-order valence-corrected chi connectivity index (χ3v) is 3.85. The molecule has 110 valence electrons. The predicted molar refractivity (Wildman–Crippen MR) is 80.0 cm³/mol. The minimum atomic E-state index is -0.166. The Morgan fingerprint density at radius 3 is 3.24 bits per heavy atom. The van der Waals surface area contributed by atoms with E-state index in [0.717, 1.165) is 36.5 Å². The molecule has 3 rings (SSSR count). The van der Waals surface area contributed by atoms with Crippen molar-refractivity contribution in [2.75, 3.05) is 11.9 Å². The van der Waals surface area contributed by atoms with Gasteiger partial charge in [0.05, 0.1) is 0 Å². The first kappa shape index (κ1) is 13.6. The molecule has 0 saturated heterocycles. The van der Waals surface area contributed by atoms with E-state index in [-0.39, 0.29) is 6.03 Å². The number of hydrogen-bond acceptors (Lipinski definition) is 3. The van der Waals surface area contributed by atoms with Gasteiger partial charge >= 0.3 is 6.03 Å². The number of urea groups is 1. The Morgan fingerprint density at radius 1 is 1.48 bits per heavy atom. The van der Waals surface area contributed by atoms with Crippen LogP contribution in [0.15, 0.2) is 30.9 Å². The Hall–Kier alpha value is -2.37. The molecule has 0 bridgehead atoms. The second-order valence-corrected chi connectivity index (χ2v) is 5.43. The lowest BCUT2D eigenvalue weighted by molar-refractivity contribution is 0.247. The van der Waals surface area contributed by atoms with Gasteiger partial charge in [0.25, 0.3) is 0 Å². The monoisotopic (exact) mass is 285 g/mol. The zero-order valence-electron chi connectivity index (χ0n) is 12.0. The second-order valence-electron chi connectivity index (χ2n) is 5.43. The largest absolute Gasteiger partial charge is 0.338 e. The summed E-state index contributed by atoms with van der Waals surface area (Å²) in [6.45, 7) is 3.52. The number of amides is 2. The summed E-state index contributed by atoms with van der Waals surface area (Å²) in [5, 5.41) is 5.80. The van der Waals surface area contributed by atoms with E-state index < -0.39 is 0 Å². The van der Waals surface area contributed by atoms with Crippen LogP contribution in [0.3, 0.4) is 0 Å². The third kappa shape index (κ3) is 3.21. The smallest absolute Gasteiger partial charge is 0.319 e. The number of hydrogen-bond donors (Lipinski definition) is 2. The summed E-state index contributed by atoms with van der Waals surface area (Å²) < 4.78 is 2.17. The molecule has 6 nitrogen and oxygen atoms in total. The highest BCUT2D eigenvalue weighted by molar-refractivity contribution is 5.89. The minimum Gasteiger partial charge on any atom is -0.338 e. The summed E-state index contributed by atoms with van der Waals surface area (Å²) in [5.41, 5.74) is 1.75. The molecule has 21 heavy (non-hydrogen) atoms. The number of pyridine rings is 1. The zero-order chi connectivity index (χ0) is 14.7. The first-order chi connectivity index (χ1) is 10.2. The lowest BCUT2D eigenvalue weighted by atomic mass is 9.99. The number of nitrogens with one attached hydrogen (secondary N) is 2. The van der Waals surface area contributed by atoms with Crippen LogP contribution in [0.5, 0.6) is 0 Å². The van der Waals surface area contributed by atoms with Crippen LogP contribution in [0, 0.1) is 12.8 Å². The maximum atomic E-state index is 11.9. The Balaban J connectivity index is 1.50. The molecule has 0 radical (unpaired) electrons. The Labute approximate surface area is 123 Å². The highest BCUT2D eigenvalue weighted by atomic mass is 16.2. The van der Waals surface area contributed by atoms with Crippen molar-refractivity contribution in [1.29, 1.82) is 0 Å². The Bertz CT molecular complexity index is 636. The van der Waals surface area contributed by atoms with Crippen molar-refractivity contribution in [1.82, 2.24) is 19.9 Å². The van der Waals surface area contributed by atoms with Crippen molar-refractivity contribution < 1.29 is 4.79 Å². The summed E-state index contributed by atoms with van der Waals surface area (Å²) in [6.07, 6.45) is 9.28. The van der Waals surface area contributed by atoms with E-state index in [1.54, 1.807) is 18.5 Å². The van der Waals surface area contributed by atoms with E-state index in [0.29, 0.717) is 12.5 Å². The number of anilines is 1. The molecule has 2 N–H and O–H groups in total. The summed E-state index contributed by atoms with van der Waals surface area (Å²) in [6, 6.07) is 1.63. The van der Waals surface area contributed by atoms with Gasteiger partial charge < -0.3 is 15.2 Å². The van der Waals surface area contributed by atoms with Gasteiger partial charge in [-0.25, -0.2) is 9.78 Å². The Kier molecular flexibility index (Phi) is 3.85. The highest BCUT2D eigenvalue weighted by Gasteiger charge is 2.19. The first-order valence-corrected chi connectivity index (χ1v) is 7.18. The van der Waals surface area contributed by atoms with Crippen LogP contribution in [-0.4, -0.2) is 27.1 Å². The topological polar surface area (TPSA) is 71.8 Å². The molecule has 2 aromatic heterocycles. The van der Waals surface area contributed by atoms with Crippen LogP contribution in [0.25, 0.3) is 0 Å². The van der Waals surface area contributed by atoms with E-state index in [2.05, 4.69) is 25.2 Å². The molecule has 1 aliphatic rings. The standard InChI is InChI=1S/C15H19N5O/c1-11-8-16-5-4-13(11)19-15(21)18-9-12-2-3-14-17-6-7-20(14)10-12/h4-8,12H,2-3,9-10H2,1H3,(H2,16,18,19,21)/t12-/m1/s1. The maximum Gasteiger partial charge on any atom is 0.319 e. The van der Waals surface area contributed by atoms with Crippen LogP contribution in [-0.2, 0) is 13.0 Å². The average Bonchev–Trinajstić information content (AvgIpc) is 2.95. The molecular formula is C15H19N5O. The van der Waals surface area contributed by atoms with Crippen LogP contribution >= 0.6 is 0 Å². The number of aromatic nitrogens is 3. The summed E-state index contributed by atoms with van der Waals surface area (Å²) >= 11 is 0. The van der Waals surface area contributed by atoms with Gasteiger partial charge in [-0.1, -0.05) is 0 Å². The van der Waals surface area contributed by atoms with Crippen molar-refractivity contribution >= 4 is 11.7 Å². The SMILES string of the molecule is Cc1cnccc1NC(=O)NC[C@H]1CCc2nccn2C1. The van der Waals surface area contributed by atoms with Crippen molar-refractivity contribution in [2.24, 2.45) is 5.92 Å². The molecule has 0 aromatic carbocycles. The van der Waals surface area contributed by atoms with E-state index in [1.807, 2.05) is 19.3 Å². The van der Waals surface area contributed by atoms with Crippen molar-refractivity contribution in [3.63, 3.8) is 0 Å². The van der Waals surface area contributed by atoms with Crippen LogP contribution in [0.2, 0.25) is 0 Å². The molecule has 6 heteroatoms. The second kappa shape index (κ2) is 5.95. The molecule has 2 amide bonds. The number of carbonyl (C=O) groups is 1. The fourth-order valence-corrected chi connectivity index (χ4v) is 2.62.